The van der Waals surface area contributed by atoms with Gasteiger partial charge in [0.25, 0.3) is 5.91 Å². The average molecular weight is 281 g/mol. The van der Waals surface area contributed by atoms with Gasteiger partial charge in [-0.05, 0) is 37.6 Å². The second-order valence-electron chi connectivity index (χ2n) is 4.05. The molecule has 1 atom stereocenters. The van der Waals surface area contributed by atoms with E-state index in [0.717, 1.165) is 5.56 Å². The molecule has 0 aliphatic rings. The van der Waals surface area contributed by atoms with Crippen LogP contribution in [-0.4, -0.2) is 17.2 Å². The van der Waals surface area contributed by atoms with Crippen LogP contribution < -0.4 is 10.1 Å². The Bertz CT molecular complexity index is 569. The highest BCUT2D eigenvalue weighted by Gasteiger charge is 2.16. The first kappa shape index (κ1) is 13.4. The van der Waals surface area contributed by atoms with E-state index in [2.05, 4.69) is 15.0 Å². The third-order valence-corrected chi connectivity index (χ3v) is 2.92. The summed E-state index contributed by atoms with van der Waals surface area (Å²) in [5, 5.41) is 6.82. The molecule has 0 saturated heterocycles. The molecular formula is C13H13ClN2O3. The minimum absolute atomic E-state index is 0.304. The molecule has 19 heavy (non-hydrogen) atoms. The first-order chi connectivity index (χ1) is 9.06. The van der Waals surface area contributed by atoms with Gasteiger partial charge in [-0.15, -0.1) is 0 Å². The van der Waals surface area contributed by atoms with Crippen molar-refractivity contribution in [3.63, 3.8) is 0 Å². The number of aromatic nitrogens is 1. The van der Waals surface area contributed by atoms with Crippen LogP contribution in [0.15, 0.2) is 35.1 Å². The van der Waals surface area contributed by atoms with Gasteiger partial charge in [-0.2, -0.15) is 0 Å². The molecule has 0 aliphatic carbocycles. The van der Waals surface area contributed by atoms with Crippen LogP contribution in [0.25, 0.3) is 0 Å². The molecule has 6 heteroatoms. The number of nitrogens with one attached hydrogen (secondary N) is 1. The van der Waals surface area contributed by atoms with Gasteiger partial charge < -0.3 is 14.6 Å². The summed E-state index contributed by atoms with van der Waals surface area (Å²) >= 11 is 5.92. The van der Waals surface area contributed by atoms with Crippen molar-refractivity contribution in [1.29, 1.82) is 0 Å². The maximum atomic E-state index is 11.8. The van der Waals surface area contributed by atoms with Crippen molar-refractivity contribution < 1.29 is 14.1 Å². The lowest BCUT2D eigenvalue weighted by atomic mass is 10.2. The van der Waals surface area contributed by atoms with Crippen molar-refractivity contribution in [2.24, 2.45) is 0 Å². The fraction of sp³-hybridized carbons (Fsp3) is 0.231. The summed E-state index contributed by atoms with van der Waals surface area (Å²) in [6, 6.07) is 6.78. The van der Waals surface area contributed by atoms with Gasteiger partial charge in [-0.3, -0.25) is 4.79 Å². The van der Waals surface area contributed by atoms with Crippen LogP contribution in [0.3, 0.4) is 0 Å². The number of anilines is 1. The van der Waals surface area contributed by atoms with E-state index in [1.807, 2.05) is 6.92 Å². The Labute approximate surface area is 115 Å². The Morgan fingerprint density at radius 3 is 2.89 bits per heavy atom. The van der Waals surface area contributed by atoms with Crippen molar-refractivity contribution in [1.82, 2.24) is 5.16 Å². The maximum Gasteiger partial charge on any atom is 0.266 e. The number of halogens is 1. The van der Waals surface area contributed by atoms with E-state index in [-0.39, 0.29) is 5.91 Å². The number of aryl methyl sites for hydroxylation is 1. The Kier molecular flexibility index (Phi) is 4.06. The molecule has 1 aromatic carbocycles. The number of amides is 1. The number of hydrogen-bond acceptors (Lipinski definition) is 4. The van der Waals surface area contributed by atoms with Gasteiger partial charge in [-0.25, -0.2) is 0 Å². The smallest absolute Gasteiger partial charge is 0.266 e. The fourth-order valence-electron chi connectivity index (χ4n) is 1.45. The summed E-state index contributed by atoms with van der Waals surface area (Å²) in [5.74, 6) is 0.638. The normalized spacial score (nSPS) is 11.9. The summed E-state index contributed by atoms with van der Waals surface area (Å²) in [5.41, 5.74) is 0.892. The fourth-order valence-corrected chi connectivity index (χ4v) is 1.57. The zero-order valence-corrected chi connectivity index (χ0v) is 11.3. The second-order valence-corrected chi connectivity index (χ2v) is 4.45. The van der Waals surface area contributed by atoms with Crippen molar-refractivity contribution in [2.45, 2.75) is 20.0 Å². The molecule has 0 saturated carbocycles. The van der Waals surface area contributed by atoms with E-state index in [0.29, 0.717) is 16.6 Å². The van der Waals surface area contributed by atoms with Crippen LogP contribution in [0, 0.1) is 6.92 Å². The van der Waals surface area contributed by atoms with Gasteiger partial charge in [-0.1, -0.05) is 16.8 Å². The van der Waals surface area contributed by atoms with E-state index in [4.69, 9.17) is 16.3 Å². The lowest BCUT2D eigenvalue weighted by molar-refractivity contribution is -0.122. The number of nitrogens with zero attached hydrogens (tertiary/aromatic N) is 1. The predicted molar refractivity (Wildman–Crippen MR) is 71.4 cm³/mol. The Morgan fingerprint density at radius 1 is 1.47 bits per heavy atom. The molecule has 5 nitrogen and oxygen atoms in total. The van der Waals surface area contributed by atoms with Crippen molar-refractivity contribution >= 4 is 23.3 Å². The zero-order chi connectivity index (χ0) is 13.8. The van der Waals surface area contributed by atoms with E-state index >= 15 is 0 Å². The van der Waals surface area contributed by atoms with Crippen LogP contribution in [0.2, 0.25) is 5.02 Å². The lowest BCUT2D eigenvalue weighted by Crippen LogP contribution is -2.30. The molecule has 0 unspecified atom stereocenters. The van der Waals surface area contributed by atoms with Gasteiger partial charge >= 0.3 is 0 Å². The van der Waals surface area contributed by atoms with Crippen LogP contribution >= 0.6 is 11.6 Å². The number of carbonyl (C=O) groups excluding carboxylic acids is 1. The van der Waals surface area contributed by atoms with Gasteiger partial charge in [0.1, 0.15) is 12.0 Å². The highest BCUT2D eigenvalue weighted by molar-refractivity contribution is 6.31. The van der Waals surface area contributed by atoms with Gasteiger partial charge in [0.15, 0.2) is 11.9 Å². The number of carbonyl (C=O) groups is 1. The quantitative estimate of drug-likeness (QED) is 0.935. The lowest BCUT2D eigenvalue weighted by Gasteiger charge is -2.14. The number of rotatable bonds is 4. The molecular weight excluding hydrogens is 268 g/mol. The first-order valence-electron chi connectivity index (χ1n) is 5.70. The second kappa shape index (κ2) is 5.75. The summed E-state index contributed by atoms with van der Waals surface area (Å²) in [6.45, 7) is 3.52. The molecule has 100 valence electrons. The van der Waals surface area contributed by atoms with Gasteiger partial charge in [0.2, 0.25) is 0 Å². The largest absolute Gasteiger partial charge is 0.481 e. The number of benzene rings is 1. The van der Waals surface area contributed by atoms with Crippen LogP contribution in [0.5, 0.6) is 5.75 Å². The van der Waals surface area contributed by atoms with E-state index < -0.39 is 6.10 Å². The minimum atomic E-state index is -0.655. The van der Waals surface area contributed by atoms with Gasteiger partial charge in [0.05, 0.1) is 0 Å². The monoisotopic (exact) mass is 280 g/mol. The summed E-state index contributed by atoms with van der Waals surface area (Å²) in [6.07, 6.45) is 0.723. The van der Waals surface area contributed by atoms with Crippen LogP contribution in [0.1, 0.15) is 12.5 Å². The Hall–Kier alpha value is -2.01. The summed E-state index contributed by atoms with van der Waals surface area (Å²) in [7, 11) is 0. The number of ether oxygens (including phenoxy) is 1. The Balaban J connectivity index is 1.98. The topological polar surface area (TPSA) is 64.4 Å². The molecule has 2 aromatic rings. The SMILES string of the molecule is Cc1cc(O[C@H](C)C(=O)Nc2ccon2)ccc1Cl. The molecule has 1 aromatic heterocycles. The van der Waals surface area contributed by atoms with E-state index in [9.17, 15) is 4.79 Å². The van der Waals surface area contributed by atoms with Crippen molar-refractivity contribution in [3.05, 3.63) is 41.1 Å². The summed E-state index contributed by atoms with van der Waals surface area (Å²) in [4.78, 5) is 11.8. The van der Waals surface area contributed by atoms with Crippen LogP contribution in [-0.2, 0) is 4.79 Å². The molecule has 0 fully saturated rings. The molecule has 0 spiro atoms. The predicted octanol–water partition coefficient (Wildman–Crippen LogP) is 3.04. The number of hydrogen-bond donors (Lipinski definition) is 1. The molecule has 1 heterocycles. The van der Waals surface area contributed by atoms with Gasteiger partial charge in [0, 0.05) is 11.1 Å². The molecule has 1 amide bonds. The molecule has 0 radical (unpaired) electrons. The molecule has 0 aliphatic heterocycles. The average Bonchev–Trinajstić information content (AvgIpc) is 2.86. The van der Waals surface area contributed by atoms with Crippen molar-refractivity contribution in [3.8, 4) is 5.75 Å². The molecule has 0 bridgehead atoms. The minimum Gasteiger partial charge on any atom is -0.481 e. The van der Waals surface area contributed by atoms with E-state index in [1.54, 1.807) is 31.2 Å². The van der Waals surface area contributed by atoms with Crippen molar-refractivity contribution in [2.75, 3.05) is 5.32 Å². The standard InChI is InChI=1S/C13H13ClN2O3/c1-8-7-10(3-4-11(8)14)19-9(2)13(17)15-12-5-6-18-16-12/h3-7,9H,1-2H3,(H,15,16,17)/t9-/m1/s1. The third-order valence-electron chi connectivity index (χ3n) is 2.50. The van der Waals surface area contributed by atoms with E-state index in [1.165, 1.54) is 6.26 Å². The highest BCUT2D eigenvalue weighted by atomic mass is 35.5. The summed E-state index contributed by atoms with van der Waals surface area (Å²) < 4.78 is 10.2. The maximum absolute atomic E-state index is 11.8. The van der Waals surface area contributed by atoms with Crippen LogP contribution in [0.4, 0.5) is 5.82 Å². The highest BCUT2D eigenvalue weighted by Crippen LogP contribution is 2.22. The molecule has 1 N–H and O–H groups in total. The Morgan fingerprint density at radius 2 is 2.26 bits per heavy atom. The zero-order valence-electron chi connectivity index (χ0n) is 10.5. The molecule has 2 rings (SSSR count). The third kappa shape index (κ3) is 3.48. The first-order valence-corrected chi connectivity index (χ1v) is 6.08.